The van der Waals surface area contributed by atoms with E-state index >= 15 is 0 Å². The highest BCUT2D eigenvalue weighted by Gasteiger charge is 2.22. The Morgan fingerprint density at radius 2 is 1.33 bits per heavy atom. The first kappa shape index (κ1) is 30.3. The van der Waals surface area contributed by atoms with Crippen LogP contribution in [0, 0.1) is 34.6 Å². The molecule has 0 heterocycles. The van der Waals surface area contributed by atoms with Crippen molar-refractivity contribution >= 4 is 29.2 Å². The quantitative estimate of drug-likeness (QED) is 0.214. The molecule has 218 valence electrons. The molecule has 0 spiro atoms. The summed E-state index contributed by atoms with van der Waals surface area (Å²) in [7, 11) is 2.86. The average Bonchev–Trinajstić information content (AvgIpc) is 2.97. The summed E-state index contributed by atoms with van der Waals surface area (Å²) in [4.78, 5) is 25.3. The second kappa shape index (κ2) is 12.9. The Kier molecular flexibility index (Phi) is 9.28. The van der Waals surface area contributed by atoms with Crippen LogP contribution in [0.25, 0.3) is 0 Å². The van der Waals surface area contributed by atoms with Gasteiger partial charge < -0.3 is 24.3 Å². The molecule has 0 aromatic heterocycles. The van der Waals surface area contributed by atoms with Gasteiger partial charge in [-0.3, -0.25) is 10.1 Å². The zero-order valence-electron chi connectivity index (χ0n) is 24.6. The summed E-state index contributed by atoms with van der Waals surface area (Å²) < 4.78 is 23.0. The van der Waals surface area contributed by atoms with Gasteiger partial charge in [-0.25, -0.2) is 4.79 Å². The fraction of sp³-hybridized carbons (Fsp3) is 0.212. The van der Waals surface area contributed by atoms with Gasteiger partial charge in [0.15, 0.2) is 0 Å². The lowest BCUT2D eigenvalue weighted by atomic mass is 10.0. The Labute approximate surface area is 250 Å². The number of carbonyl (C=O) groups excluding carboxylic acids is 2. The number of imide groups is 1. The number of amides is 3. The average molecular weight is 589 g/mol. The molecule has 4 aromatic rings. The van der Waals surface area contributed by atoms with Crippen molar-refractivity contribution in [2.24, 2.45) is 0 Å². The predicted octanol–water partition coefficient (Wildman–Crippen LogP) is 8.45. The standard InChI is InChI=1S/C33H33ClN2O6/c1-18-11-16-25(19(2)17-18)42-31-21(4)20(3)30(22(5)29(31)34)41-24-14-12-23(13-15-24)35-33(38)36-32(37)28-26(39-6)9-8-10-27(28)40-7/h8-17H,1-7H3,(H2,35,36,37,38). The van der Waals surface area contributed by atoms with Crippen molar-refractivity contribution in [1.29, 1.82) is 0 Å². The van der Waals surface area contributed by atoms with Crippen LogP contribution in [0.2, 0.25) is 5.02 Å². The van der Waals surface area contributed by atoms with Crippen LogP contribution >= 0.6 is 11.6 Å². The van der Waals surface area contributed by atoms with E-state index in [0.717, 1.165) is 33.6 Å². The molecule has 0 fully saturated rings. The monoisotopic (exact) mass is 588 g/mol. The number of ether oxygens (including phenoxy) is 4. The summed E-state index contributed by atoms with van der Waals surface area (Å²) in [5, 5.41) is 5.41. The van der Waals surface area contributed by atoms with Crippen LogP contribution < -0.4 is 29.6 Å². The van der Waals surface area contributed by atoms with Crippen molar-refractivity contribution in [3.8, 4) is 34.5 Å². The number of rotatable bonds is 8. The molecular formula is C33H33ClN2O6. The van der Waals surface area contributed by atoms with Crippen molar-refractivity contribution in [2.75, 3.05) is 19.5 Å². The van der Waals surface area contributed by atoms with Gasteiger partial charge in [-0.05, 0) is 93.8 Å². The Hall–Kier alpha value is -4.69. The summed E-state index contributed by atoms with van der Waals surface area (Å²) in [5.74, 6) is 2.41. The fourth-order valence-corrected chi connectivity index (χ4v) is 4.75. The smallest absolute Gasteiger partial charge is 0.326 e. The second-order valence-electron chi connectivity index (χ2n) is 9.79. The van der Waals surface area contributed by atoms with Crippen molar-refractivity contribution in [2.45, 2.75) is 34.6 Å². The predicted molar refractivity (Wildman–Crippen MR) is 164 cm³/mol. The summed E-state index contributed by atoms with van der Waals surface area (Å²) in [6.45, 7) is 9.82. The van der Waals surface area contributed by atoms with Crippen molar-refractivity contribution in [1.82, 2.24) is 5.32 Å². The first-order valence-electron chi connectivity index (χ1n) is 13.2. The van der Waals surface area contributed by atoms with Crippen LogP contribution in [0.5, 0.6) is 34.5 Å². The molecule has 0 atom stereocenters. The van der Waals surface area contributed by atoms with Crippen LogP contribution in [0.15, 0.2) is 60.7 Å². The lowest BCUT2D eigenvalue weighted by Crippen LogP contribution is -2.34. The van der Waals surface area contributed by atoms with E-state index in [4.69, 9.17) is 30.5 Å². The zero-order valence-corrected chi connectivity index (χ0v) is 25.4. The molecule has 0 aliphatic rings. The number of carbonyl (C=O) groups is 2. The van der Waals surface area contributed by atoms with Gasteiger partial charge in [0.1, 0.15) is 40.1 Å². The van der Waals surface area contributed by atoms with Crippen LogP contribution in [-0.4, -0.2) is 26.2 Å². The van der Waals surface area contributed by atoms with Crippen LogP contribution in [0.4, 0.5) is 10.5 Å². The minimum absolute atomic E-state index is 0.117. The number of urea groups is 1. The molecule has 0 bridgehead atoms. The minimum Gasteiger partial charge on any atom is -0.496 e. The van der Waals surface area contributed by atoms with Gasteiger partial charge in [-0.2, -0.15) is 0 Å². The first-order valence-corrected chi connectivity index (χ1v) is 13.6. The number of methoxy groups -OCH3 is 2. The second-order valence-corrected chi connectivity index (χ2v) is 10.2. The molecule has 0 radical (unpaired) electrons. The van der Waals surface area contributed by atoms with Crippen LogP contribution in [-0.2, 0) is 0 Å². The molecule has 8 nitrogen and oxygen atoms in total. The molecule has 2 N–H and O–H groups in total. The molecule has 0 aliphatic carbocycles. The highest BCUT2D eigenvalue weighted by molar-refractivity contribution is 6.33. The minimum atomic E-state index is -0.713. The molecule has 3 amide bonds. The molecule has 0 aliphatic heterocycles. The Morgan fingerprint density at radius 1 is 0.714 bits per heavy atom. The maximum atomic E-state index is 12.8. The molecule has 42 heavy (non-hydrogen) atoms. The van der Waals surface area contributed by atoms with E-state index in [2.05, 4.69) is 16.7 Å². The van der Waals surface area contributed by atoms with Gasteiger partial charge >= 0.3 is 6.03 Å². The molecule has 0 saturated carbocycles. The Morgan fingerprint density at radius 3 is 1.93 bits per heavy atom. The van der Waals surface area contributed by atoms with Gasteiger partial charge in [0.05, 0.1) is 19.2 Å². The maximum Gasteiger partial charge on any atom is 0.326 e. The first-order chi connectivity index (χ1) is 20.0. The van der Waals surface area contributed by atoms with E-state index in [1.54, 1.807) is 42.5 Å². The summed E-state index contributed by atoms with van der Waals surface area (Å²) in [6, 6.07) is 16.9. The maximum absolute atomic E-state index is 12.8. The third-order valence-electron chi connectivity index (χ3n) is 6.87. The number of hydrogen-bond donors (Lipinski definition) is 2. The number of benzene rings is 4. The van der Waals surface area contributed by atoms with Crippen LogP contribution in [0.3, 0.4) is 0 Å². The lowest BCUT2D eigenvalue weighted by molar-refractivity contribution is 0.0961. The van der Waals surface area contributed by atoms with Gasteiger partial charge in [0.2, 0.25) is 0 Å². The normalized spacial score (nSPS) is 10.6. The van der Waals surface area contributed by atoms with E-state index in [9.17, 15) is 9.59 Å². The third kappa shape index (κ3) is 6.44. The lowest BCUT2D eigenvalue weighted by Gasteiger charge is -2.20. The number of nitrogens with one attached hydrogen (secondary N) is 2. The Balaban J connectivity index is 1.47. The highest BCUT2D eigenvalue weighted by Crippen LogP contribution is 2.44. The number of hydrogen-bond acceptors (Lipinski definition) is 6. The van der Waals surface area contributed by atoms with Gasteiger partial charge in [0.25, 0.3) is 5.91 Å². The van der Waals surface area contributed by atoms with Crippen LogP contribution in [0.1, 0.15) is 38.2 Å². The third-order valence-corrected chi connectivity index (χ3v) is 7.32. The zero-order chi connectivity index (χ0) is 30.6. The molecule has 0 unspecified atom stereocenters. The van der Waals surface area contributed by atoms with Crippen molar-refractivity contribution in [3.05, 3.63) is 99.1 Å². The van der Waals surface area contributed by atoms with E-state index in [-0.39, 0.29) is 17.1 Å². The van der Waals surface area contributed by atoms with Crippen molar-refractivity contribution < 1.29 is 28.5 Å². The summed E-state index contributed by atoms with van der Waals surface area (Å²) in [5.41, 5.74) is 5.25. The van der Waals surface area contributed by atoms with Gasteiger partial charge in [-0.1, -0.05) is 35.4 Å². The summed E-state index contributed by atoms with van der Waals surface area (Å²) >= 11 is 6.78. The van der Waals surface area contributed by atoms with E-state index in [0.29, 0.717) is 28.0 Å². The molecular weight excluding hydrogens is 556 g/mol. The molecule has 4 aromatic carbocycles. The highest BCUT2D eigenvalue weighted by atomic mass is 35.5. The van der Waals surface area contributed by atoms with E-state index in [1.807, 2.05) is 46.8 Å². The SMILES string of the molecule is COc1cccc(OC)c1C(=O)NC(=O)Nc1ccc(Oc2c(C)c(C)c(Oc3ccc(C)cc3C)c(Cl)c2C)cc1. The van der Waals surface area contributed by atoms with Crippen molar-refractivity contribution in [3.63, 3.8) is 0 Å². The van der Waals surface area contributed by atoms with Gasteiger partial charge in [0, 0.05) is 11.3 Å². The van der Waals surface area contributed by atoms with Gasteiger partial charge in [-0.15, -0.1) is 0 Å². The topological polar surface area (TPSA) is 95.1 Å². The number of aryl methyl sites for hydroxylation is 2. The number of halogens is 1. The summed E-state index contributed by atoms with van der Waals surface area (Å²) in [6.07, 6.45) is 0. The molecule has 9 heteroatoms. The Bertz CT molecular complexity index is 1600. The molecule has 0 saturated heterocycles. The number of anilines is 1. The largest absolute Gasteiger partial charge is 0.496 e. The van der Waals surface area contributed by atoms with E-state index < -0.39 is 11.9 Å². The molecule has 4 rings (SSSR count). The fourth-order valence-electron chi connectivity index (χ4n) is 4.48. The van der Waals surface area contributed by atoms with E-state index in [1.165, 1.54) is 14.2 Å².